The predicted octanol–water partition coefficient (Wildman–Crippen LogP) is 3.12. The van der Waals surface area contributed by atoms with Crippen LogP contribution in [0.4, 0.5) is 24.5 Å². The van der Waals surface area contributed by atoms with Crippen LogP contribution in [0.25, 0.3) is 0 Å². The lowest BCUT2D eigenvalue weighted by Crippen LogP contribution is -2.14. The van der Waals surface area contributed by atoms with Crippen molar-refractivity contribution >= 4 is 28.9 Å². The number of anilines is 1. The smallest absolute Gasteiger partial charge is 0.319 e. The lowest BCUT2D eigenvalue weighted by atomic mass is 10.1. The van der Waals surface area contributed by atoms with Gasteiger partial charge in [0.25, 0.3) is 5.69 Å². The molecule has 0 aliphatic heterocycles. The van der Waals surface area contributed by atoms with Crippen molar-refractivity contribution in [1.29, 1.82) is 5.26 Å². The van der Waals surface area contributed by atoms with Gasteiger partial charge in [-0.2, -0.15) is 18.4 Å². The number of carbonyl (C=O) groups is 1. The molecule has 0 aromatic heterocycles. The van der Waals surface area contributed by atoms with Gasteiger partial charge in [0, 0.05) is 6.07 Å². The van der Waals surface area contributed by atoms with E-state index in [1.54, 1.807) is 0 Å². The molecule has 0 aliphatic carbocycles. The molecule has 0 radical (unpaired) electrons. The van der Waals surface area contributed by atoms with Gasteiger partial charge in [-0.15, -0.1) is 0 Å². The number of nitrogens with one attached hydrogen (secondary N) is 1. The highest BCUT2D eigenvalue weighted by Crippen LogP contribution is 2.40. The summed E-state index contributed by atoms with van der Waals surface area (Å²) in [6.07, 6.45) is -5.48. The average molecular weight is 308 g/mol. The van der Waals surface area contributed by atoms with Gasteiger partial charge < -0.3 is 5.32 Å². The number of benzene rings is 1. The fourth-order valence-corrected chi connectivity index (χ4v) is 1.56. The third-order valence-electron chi connectivity index (χ3n) is 2.10. The summed E-state index contributed by atoms with van der Waals surface area (Å²) in [6, 6.07) is 2.31. The van der Waals surface area contributed by atoms with E-state index in [1.807, 2.05) is 5.32 Å². The molecule has 1 aromatic rings. The molecule has 0 fully saturated rings. The molecule has 1 rings (SSSR count). The number of hydrogen-bond acceptors (Lipinski definition) is 4. The second-order valence-electron chi connectivity index (χ2n) is 3.49. The Morgan fingerprint density at radius 2 is 2.10 bits per heavy atom. The zero-order valence-electron chi connectivity index (χ0n) is 9.49. The van der Waals surface area contributed by atoms with Gasteiger partial charge in [-0.3, -0.25) is 14.9 Å². The lowest BCUT2D eigenvalue weighted by Gasteiger charge is -2.11. The van der Waals surface area contributed by atoms with Gasteiger partial charge in [0.1, 0.15) is 12.1 Å². The summed E-state index contributed by atoms with van der Waals surface area (Å²) in [5.41, 5.74) is -2.79. The van der Waals surface area contributed by atoms with Gasteiger partial charge in [0.05, 0.1) is 21.6 Å². The Balaban J connectivity index is 3.35. The second-order valence-corrected chi connectivity index (χ2v) is 3.89. The number of nitro benzene ring substituents is 1. The predicted molar refractivity (Wildman–Crippen MR) is 62.0 cm³/mol. The normalized spacial score (nSPS) is 10.8. The highest BCUT2D eigenvalue weighted by molar-refractivity contribution is 6.31. The van der Waals surface area contributed by atoms with E-state index in [-0.39, 0.29) is 0 Å². The van der Waals surface area contributed by atoms with Crippen molar-refractivity contribution in [3.8, 4) is 6.07 Å². The molecule has 0 saturated carbocycles. The Morgan fingerprint density at radius 1 is 1.50 bits per heavy atom. The third kappa shape index (κ3) is 3.58. The highest BCUT2D eigenvalue weighted by atomic mass is 35.5. The maximum absolute atomic E-state index is 12.6. The second kappa shape index (κ2) is 5.75. The van der Waals surface area contributed by atoms with Gasteiger partial charge >= 0.3 is 6.18 Å². The van der Waals surface area contributed by atoms with Crippen LogP contribution >= 0.6 is 11.6 Å². The van der Waals surface area contributed by atoms with Crippen molar-refractivity contribution in [3.63, 3.8) is 0 Å². The number of alkyl halides is 3. The number of carbonyl (C=O) groups excluding carboxylic acids is 1. The first kappa shape index (κ1) is 15.7. The summed E-state index contributed by atoms with van der Waals surface area (Å²) >= 11 is 5.34. The number of nitriles is 1. The fraction of sp³-hybridized carbons (Fsp3) is 0.200. The first-order chi connectivity index (χ1) is 9.16. The largest absolute Gasteiger partial charge is 0.417 e. The van der Waals surface area contributed by atoms with E-state index in [4.69, 9.17) is 16.9 Å². The summed E-state index contributed by atoms with van der Waals surface area (Å²) < 4.78 is 37.9. The highest BCUT2D eigenvalue weighted by Gasteiger charge is 2.35. The van der Waals surface area contributed by atoms with E-state index in [1.165, 1.54) is 6.07 Å². The van der Waals surface area contributed by atoms with Crippen LogP contribution in [0.3, 0.4) is 0 Å². The van der Waals surface area contributed by atoms with E-state index < -0.39 is 45.4 Å². The molecule has 106 valence electrons. The zero-order valence-corrected chi connectivity index (χ0v) is 10.2. The van der Waals surface area contributed by atoms with Crippen molar-refractivity contribution in [2.24, 2.45) is 0 Å². The van der Waals surface area contributed by atoms with Gasteiger partial charge in [-0.05, 0) is 6.07 Å². The zero-order chi connectivity index (χ0) is 15.5. The third-order valence-corrected chi connectivity index (χ3v) is 2.41. The van der Waals surface area contributed by atoms with Crippen molar-refractivity contribution in [2.75, 3.05) is 5.32 Å². The summed E-state index contributed by atoms with van der Waals surface area (Å²) in [5.74, 6) is -0.967. The molecular formula is C10H5ClF3N3O3. The summed E-state index contributed by atoms with van der Waals surface area (Å²) in [7, 11) is 0. The molecule has 10 heteroatoms. The molecule has 0 unspecified atom stereocenters. The minimum absolute atomic E-state index is 0.357. The SMILES string of the molecule is N#CCC(=O)Nc1cc(C(F)(F)F)c(Cl)cc1[N+](=O)[O-]. The van der Waals surface area contributed by atoms with Crippen LogP contribution in [-0.4, -0.2) is 10.8 Å². The van der Waals surface area contributed by atoms with Crippen molar-refractivity contribution in [1.82, 2.24) is 0 Å². The van der Waals surface area contributed by atoms with Crippen molar-refractivity contribution in [2.45, 2.75) is 12.6 Å². The molecule has 1 N–H and O–H groups in total. The standard InChI is InChI=1S/C10H5ClF3N3O3/c11-6-4-8(17(19)20)7(16-9(18)1-2-15)3-5(6)10(12,13)14/h3-4H,1H2,(H,16,18). The quantitative estimate of drug-likeness (QED) is 0.685. The molecule has 0 aliphatic rings. The Hall–Kier alpha value is -2.34. The van der Waals surface area contributed by atoms with Crippen LogP contribution in [0.2, 0.25) is 5.02 Å². The first-order valence-electron chi connectivity index (χ1n) is 4.88. The summed E-state index contributed by atoms with van der Waals surface area (Å²) in [5, 5.41) is 20.0. The average Bonchev–Trinajstić information content (AvgIpc) is 2.29. The Morgan fingerprint density at radius 3 is 2.55 bits per heavy atom. The molecule has 0 bridgehead atoms. The van der Waals surface area contributed by atoms with Gasteiger partial charge in [0.2, 0.25) is 5.91 Å². The first-order valence-corrected chi connectivity index (χ1v) is 5.26. The number of nitro groups is 1. The van der Waals surface area contributed by atoms with E-state index in [0.29, 0.717) is 12.1 Å². The van der Waals surface area contributed by atoms with Crippen molar-refractivity contribution < 1.29 is 22.9 Å². The van der Waals surface area contributed by atoms with Crippen LogP contribution in [0, 0.1) is 21.4 Å². The van der Waals surface area contributed by atoms with Gasteiger partial charge in [-0.25, -0.2) is 0 Å². The molecular weight excluding hydrogens is 303 g/mol. The molecule has 1 aromatic carbocycles. The molecule has 6 nitrogen and oxygen atoms in total. The Labute approximate surface area is 114 Å². The van der Waals surface area contributed by atoms with Gasteiger partial charge in [0.15, 0.2) is 0 Å². The molecule has 0 spiro atoms. The molecule has 0 heterocycles. The molecule has 0 atom stereocenters. The van der Waals surface area contributed by atoms with Crippen LogP contribution in [-0.2, 0) is 11.0 Å². The monoisotopic (exact) mass is 307 g/mol. The van der Waals surface area contributed by atoms with Crippen LogP contribution in [0.15, 0.2) is 12.1 Å². The fourth-order valence-electron chi connectivity index (χ4n) is 1.30. The van der Waals surface area contributed by atoms with Gasteiger partial charge in [-0.1, -0.05) is 11.6 Å². The Bertz CT molecular complexity index is 610. The van der Waals surface area contributed by atoms with Crippen LogP contribution in [0.5, 0.6) is 0 Å². The number of hydrogen-bond donors (Lipinski definition) is 1. The number of halogens is 4. The minimum atomic E-state index is -4.83. The topological polar surface area (TPSA) is 96.0 Å². The lowest BCUT2D eigenvalue weighted by molar-refractivity contribution is -0.384. The molecule has 20 heavy (non-hydrogen) atoms. The van der Waals surface area contributed by atoms with Crippen molar-refractivity contribution in [3.05, 3.63) is 32.8 Å². The minimum Gasteiger partial charge on any atom is -0.319 e. The maximum atomic E-state index is 12.6. The number of amides is 1. The van der Waals surface area contributed by atoms with Crippen LogP contribution < -0.4 is 5.32 Å². The molecule has 1 amide bonds. The van der Waals surface area contributed by atoms with E-state index in [9.17, 15) is 28.1 Å². The summed E-state index contributed by atoms with van der Waals surface area (Å²) in [6.45, 7) is 0. The number of nitrogens with zero attached hydrogens (tertiary/aromatic N) is 2. The van der Waals surface area contributed by atoms with E-state index >= 15 is 0 Å². The molecule has 0 saturated heterocycles. The van der Waals surface area contributed by atoms with Crippen LogP contribution in [0.1, 0.15) is 12.0 Å². The number of rotatable bonds is 3. The summed E-state index contributed by atoms with van der Waals surface area (Å²) in [4.78, 5) is 20.9. The maximum Gasteiger partial charge on any atom is 0.417 e. The van der Waals surface area contributed by atoms with E-state index in [2.05, 4.69) is 0 Å². The Kier molecular flexibility index (Phi) is 4.52. The van der Waals surface area contributed by atoms with E-state index in [0.717, 1.165) is 0 Å².